The van der Waals surface area contributed by atoms with Crippen molar-refractivity contribution in [3.8, 4) is 0 Å². The second kappa shape index (κ2) is 6.48. The second-order valence-corrected chi connectivity index (χ2v) is 5.52. The van der Waals surface area contributed by atoms with Crippen molar-refractivity contribution >= 4 is 27.5 Å². The van der Waals surface area contributed by atoms with Gasteiger partial charge in [-0.1, -0.05) is 29.8 Å². The van der Waals surface area contributed by atoms with Gasteiger partial charge in [0.2, 0.25) is 0 Å². The molecule has 19 heavy (non-hydrogen) atoms. The zero-order valence-corrected chi connectivity index (χ0v) is 12.4. The van der Waals surface area contributed by atoms with Crippen LogP contribution in [-0.4, -0.2) is 0 Å². The first kappa shape index (κ1) is 14.5. The molecule has 3 N–H and O–H groups in total. The summed E-state index contributed by atoms with van der Waals surface area (Å²) in [7, 11) is 0. The number of rotatable bonds is 4. The van der Waals surface area contributed by atoms with Gasteiger partial charge in [0.25, 0.3) is 0 Å². The summed E-state index contributed by atoms with van der Waals surface area (Å²) < 4.78 is 13.7. The number of hydrazine groups is 1. The van der Waals surface area contributed by atoms with Gasteiger partial charge in [-0.05, 0) is 57.7 Å². The van der Waals surface area contributed by atoms with Gasteiger partial charge in [0, 0.05) is 5.02 Å². The third kappa shape index (κ3) is 3.76. The number of nitrogens with two attached hydrogens (primary N) is 1. The first-order valence-electron chi connectivity index (χ1n) is 5.75. The van der Waals surface area contributed by atoms with E-state index in [1.807, 2.05) is 24.3 Å². The van der Waals surface area contributed by atoms with Gasteiger partial charge in [-0.25, -0.2) is 4.39 Å². The Morgan fingerprint density at radius 1 is 1.26 bits per heavy atom. The number of halogens is 3. The summed E-state index contributed by atoms with van der Waals surface area (Å²) in [5.41, 5.74) is 4.72. The predicted molar refractivity (Wildman–Crippen MR) is 79.3 cm³/mol. The Hall–Kier alpha value is -0.940. The van der Waals surface area contributed by atoms with Gasteiger partial charge in [0.15, 0.2) is 0 Å². The third-order valence-electron chi connectivity index (χ3n) is 2.88. The molecule has 1 unspecified atom stereocenters. The molecule has 0 saturated heterocycles. The van der Waals surface area contributed by atoms with Crippen molar-refractivity contribution in [1.29, 1.82) is 0 Å². The van der Waals surface area contributed by atoms with Crippen LogP contribution >= 0.6 is 27.5 Å². The van der Waals surface area contributed by atoms with Crippen LogP contribution in [0.1, 0.15) is 17.2 Å². The highest BCUT2D eigenvalue weighted by Gasteiger charge is 2.12. The summed E-state index contributed by atoms with van der Waals surface area (Å²) in [5, 5.41) is 0.688. The molecule has 0 spiro atoms. The molecule has 100 valence electrons. The summed E-state index contributed by atoms with van der Waals surface area (Å²) in [6.45, 7) is 0. The molecule has 2 rings (SSSR count). The fraction of sp³-hybridized carbons (Fsp3) is 0.143. The highest BCUT2D eigenvalue weighted by atomic mass is 79.9. The minimum absolute atomic E-state index is 0.102. The largest absolute Gasteiger partial charge is 0.271 e. The molecule has 0 fully saturated rings. The maximum Gasteiger partial charge on any atom is 0.137 e. The SMILES string of the molecule is NNC(Cc1cccc(Cl)c1)c1ccc(F)c(Br)c1. The molecule has 1 atom stereocenters. The Labute approximate surface area is 124 Å². The van der Waals surface area contributed by atoms with Crippen molar-refractivity contribution in [2.45, 2.75) is 12.5 Å². The lowest BCUT2D eigenvalue weighted by Gasteiger charge is -2.17. The minimum Gasteiger partial charge on any atom is -0.271 e. The minimum atomic E-state index is -0.290. The average Bonchev–Trinajstić information content (AvgIpc) is 2.39. The van der Waals surface area contributed by atoms with Gasteiger partial charge in [-0.3, -0.25) is 11.3 Å². The van der Waals surface area contributed by atoms with E-state index in [1.54, 1.807) is 12.1 Å². The Balaban J connectivity index is 2.22. The molecule has 2 aromatic carbocycles. The molecule has 0 aromatic heterocycles. The van der Waals surface area contributed by atoms with Crippen LogP contribution in [0.3, 0.4) is 0 Å². The zero-order valence-electron chi connectivity index (χ0n) is 10.0. The van der Waals surface area contributed by atoms with Gasteiger partial charge in [-0.15, -0.1) is 0 Å². The predicted octanol–water partition coefficient (Wildman–Crippen LogP) is 3.99. The molecule has 0 aliphatic carbocycles. The summed E-state index contributed by atoms with van der Waals surface area (Å²) in [6.07, 6.45) is 0.676. The maximum atomic E-state index is 13.2. The monoisotopic (exact) mass is 342 g/mol. The first-order valence-corrected chi connectivity index (χ1v) is 6.93. The molecule has 0 aliphatic heterocycles. The zero-order chi connectivity index (χ0) is 13.8. The van der Waals surface area contributed by atoms with Crippen molar-refractivity contribution in [2.75, 3.05) is 0 Å². The molecule has 0 aliphatic rings. The van der Waals surface area contributed by atoms with Crippen molar-refractivity contribution in [3.05, 3.63) is 68.9 Å². The average molecular weight is 344 g/mol. The fourth-order valence-corrected chi connectivity index (χ4v) is 2.51. The normalized spacial score (nSPS) is 12.4. The van der Waals surface area contributed by atoms with Crippen LogP contribution in [0, 0.1) is 5.82 Å². The summed E-state index contributed by atoms with van der Waals surface area (Å²) in [6, 6.07) is 12.4. The molecule has 5 heteroatoms. The maximum absolute atomic E-state index is 13.2. The smallest absolute Gasteiger partial charge is 0.137 e. The third-order valence-corrected chi connectivity index (χ3v) is 3.72. The van der Waals surface area contributed by atoms with Crippen molar-refractivity contribution in [3.63, 3.8) is 0 Å². The molecule has 0 amide bonds. The van der Waals surface area contributed by atoms with Gasteiger partial charge >= 0.3 is 0 Å². The summed E-state index contributed by atoms with van der Waals surface area (Å²) in [4.78, 5) is 0. The molecular formula is C14H13BrClFN2. The van der Waals surface area contributed by atoms with Crippen LogP contribution in [0.4, 0.5) is 4.39 Å². The molecule has 2 nitrogen and oxygen atoms in total. The van der Waals surface area contributed by atoms with Gasteiger partial charge in [-0.2, -0.15) is 0 Å². The second-order valence-electron chi connectivity index (χ2n) is 4.23. The molecule has 0 saturated carbocycles. The number of benzene rings is 2. The van der Waals surface area contributed by atoms with E-state index in [0.717, 1.165) is 11.1 Å². The van der Waals surface area contributed by atoms with Crippen molar-refractivity contribution in [2.24, 2.45) is 5.84 Å². The number of hydrogen-bond donors (Lipinski definition) is 2. The highest BCUT2D eigenvalue weighted by molar-refractivity contribution is 9.10. The van der Waals surface area contributed by atoms with Gasteiger partial charge in [0.05, 0.1) is 10.5 Å². The van der Waals surface area contributed by atoms with E-state index in [-0.39, 0.29) is 11.9 Å². The van der Waals surface area contributed by atoms with Crippen LogP contribution in [-0.2, 0) is 6.42 Å². The van der Waals surface area contributed by atoms with E-state index in [2.05, 4.69) is 21.4 Å². The Bertz CT molecular complexity index is 577. The lowest BCUT2D eigenvalue weighted by Crippen LogP contribution is -2.29. The van der Waals surface area contributed by atoms with E-state index in [0.29, 0.717) is 15.9 Å². The Kier molecular flexibility index (Phi) is 4.93. The first-order chi connectivity index (χ1) is 9.10. The van der Waals surface area contributed by atoms with Crippen LogP contribution < -0.4 is 11.3 Å². The van der Waals surface area contributed by atoms with E-state index in [4.69, 9.17) is 17.4 Å². The summed E-state index contributed by atoms with van der Waals surface area (Å²) >= 11 is 9.13. The Morgan fingerprint density at radius 2 is 2.05 bits per heavy atom. The van der Waals surface area contributed by atoms with Crippen molar-refractivity contribution in [1.82, 2.24) is 5.43 Å². The van der Waals surface area contributed by atoms with Gasteiger partial charge < -0.3 is 0 Å². The highest BCUT2D eigenvalue weighted by Crippen LogP contribution is 2.24. The van der Waals surface area contributed by atoms with Gasteiger partial charge in [0.1, 0.15) is 5.82 Å². The van der Waals surface area contributed by atoms with Crippen LogP contribution in [0.25, 0.3) is 0 Å². The quantitative estimate of drug-likeness (QED) is 0.651. The molecule has 0 heterocycles. The number of nitrogens with one attached hydrogen (secondary N) is 1. The molecule has 0 radical (unpaired) electrons. The van der Waals surface area contributed by atoms with E-state index in [9.17, 15) is 4.39 Å². The number of hydrogen-bond acceptors (Lipinski definition) is 2. The fourth-order valence-electron chi connectivity index (χ4n) is 1.90. The standard InChI is InChI=1S/C14H13BrClFN2/c15-12-8-10(4-5-13(12)17)14(19-18)7-9-2-1-3-11(16)6-9/h1-6,8,14,19H,7,18H2. The van der Waals surface area contributed by atoms with Crippen LogP contribution in [0.15, 0.2) is 46.9 Å². The topological polar surface area (TPSA) is 38.0 Å². The summed E-state index contributed by atoms with van der Waals surface area (Å²) in [5.74, 6) is 5.30. The van der Waals surface area contributed by atoms with Crippen LogP contribution in [0.2, 0.25) is 5.02 Å². The van der Waals surface area contributed by atoms with E-state index >= 15 is 0 Å². The van der Waals surface area contributed by atoms with E-state index < -0.39 is 0 Å². The lowest BCUT2D eigenvalue weighted by molar-refractivity contribution is 0.548. The Morgan fingerprint density at radius 3 is 2.68 bits per heavy atom. The van der Waals surface area contributed by atoms with E-state index in [1.165, 1.54) is 6.07 Å². The lowest BCUT2D eigenvalue weighted by atomic mass is 9.99. The van der Waals surface area contributed by atoms with Crippen LogP contribution in [0.5, 0.6) is 0 Å². The molecule has 2 aromatic rings. The molecular weight excluding hydrogens is 331 g/mol. The van der Waals surface area contributed by atoms with Crippen molar-refractivity contribution < 1.29 is 4.39 Å². The molecule has 0 bridgehead atoms.